The molecule has 2 aromatic rings. The number of carbonyl (C=O) groups excluding carboxylic acids is 2. The van der Waals surface area contributed by atoms with Crippen LogP contribution in [0.5, 0.6) is 5.75 Å². The Kier molecular flexibility index (Phi) is 8.52. The van der Waals surface area contributed by atoms with Gasteiger partial charge in [0.05, 0.1) is 0 Å². The first-order chi connectivity index (χ1) is 13.8. The molecular weight excluding hydrogens is 388 g/mol. The van der Waals surface area contributed by atoms with Gasteiger partial charge < -0.3 is 15.0 Å². The van der Waals surface area contributed by atoms with Crippen molar-refractivity contribution in [3.05, 3.63) is 64.2 Å². The molecule has 156 valence electrons. The maximum atomic E-state index is 13.1. The summed E-state index contributed by atoms with van der Waals surface area (Å²) in [5.41, 5.74) is 3.04. The summed E-state index contributed by atoms with van der Waals surface area (Å²) in [6.45, 7) is 8.41. The second kappa shape index (κ2) is 10.9. The van der Waals surface area contributed by atoms with Crippen LogP contribution in [0.1, 0.15) is 37.0 Å². The topological polar surface area (TPSA) is 58.6 Å². The Morgan fingerprint density at radius 2 is 1.69 bits per heavy atom. The summed E-state index contributed by atoms with van der Waals surface area (Å²) in [7, 11) is 0. The molecular formula is C23H29ClN2O3. The Morgan fingerprint density at radius 3 is 2.24 bits per heavy atom. The van der Waals surface area contributed by atoms with Crippen molar-refractivity contribution < 1.29 is 14.3 Å². The molecule has 2 aromatic carbocycles. The van der Waals surface area contributed by atoms with Gasteiger partial charge in [-0.05, 0) is 68.1 Å². The van der Waals surface area contributed by atoms with Gasteiger partial charge in [0, 0.05) is 18.1 Å². The number of hydrogen-bond donors (Lipinski definition) is 1. The minimum atomic E-state index is -0.569. The lowest BCUT2D eigenvalue weighted by molar-refractivity contribution is -0.142. The van der Waals surface area contributed by atoms with Crippen LogP contribution in [0.3, 0.4) is 0 Å². The number of rotatable bonds is 9. The smallest absolute Gasteiger partial charge is 0.261 e. The minimum Gasteiger partial charge on any atom is -0.484 e. The van der Waals surface area contributed by atoms with Crippen LogP contribution in [0.2, 0.25) is 5.02 Å². The van der Waals surface area contributed by atoms with Gasteiger partial charge in [-0.15, -0.1) is 0 Å². The van der Waals surface area contributed by atoms with Crippen LogP contribution in [0.4, 0.5) is 0 Å². The van der Waals surface area contributed by atoms with Crippen molar-refractivity contribution in [2.24, 2.45) is 0 Å². The van der Waals surface area contributed by atoms with Crippen LogP contribution < -0.4 is 10.1 Å². The average Bonchev–Trinajstić information content (AvgIpc) is 2.67. The Labute approximate surface area is 178 Å². The van der Waals surface area contributed by atoms with Crippen LogP contribution in [0, 0.1) is 13.8 Å². The van der Waals surface area contributed by atoms with Gasteiger partial charge >= 0.3 is 0 Å². The summed E-state index contributed by atoms with van der Waals surface area (Å²) in [4.78, 5) is 27.2. The molecule has 0 saturated heterocycles. The predicted octanol–water partition coefficient (Wildman–Crippen LogP) is 4.28. The van der Waals surface area contributed by atoms with Crippen molar-refractivity contribution in [3.8, 4) is 5.75 Å². The van der Waals surface area contributed by atoms with E-state index in [0.29, 0.717) is 30.3 Å². The second-order valence-corrected chi connectivity index (χ2v) is 7.52. The van der Waals surface area contributed by atoms with Crippen LogP contribution in [-0.2, 0) is 16.1 Å². The zero-order valence-corrected chi connectivity index (χ0v) is 18.3. The first-order valence-electron chi connectivity index (χ1n) is 9.86. The second-order valence-electron chi connectivity index (χ2n) is 7.08. The van der Waals surface area contributed by atoms with E-state index in [0.717, 1.165) is 16.7 Å². The lowest BCUT2D eigenvalue weighted by atomic mass is 10.1. The molecule has 0 spiro atoms. The van der Waals surface area contributed by atoms with Crippen LogP contribution in [0.15, 0.2) is 42.5 Å². The Bertz CT molecular complexity index is 816. The number of aryl methyl sites for hydroxylation is 2. The van der Waals surface area contributed by atoms with E-state index >= 15 is 0 Å². The fourth-order valence-electron chi connectivity index (χ4n) is 3.24. The van der Waals surface area contributed by atoms with E-state index in [1.54, 1.807) is 17.0 Å². The molecule has 5 nitrogen and oxygen atoms in total. The van der Waals surface area contributed by atoms with Gasteiger partial charge in [0.15, 0.2) is 6.61 Å². The van der Waals surface area contributed by atoms with Gasteiger partial charge in [-0.2, -0.15) is 0 Å². The molecule has 1 atom stereocenters. The molecule has 0 aliphatic carbocycles. The highest BCUT2D eigenvalue weighted by Gasteiger charge is 2.28. The number of hydrogen-bond acceptors (Lipinski definition) is 3. The third kappa shape index (κ3) is 6.79. The van der Waals surface area contributed by atoms with E-state index in [-0.39, 0.29) is 18.4 Å². The molecule has 0 aliphatic heterocycles. The highest BCUT2D eigenvalue weighted by atomic mass is 35.5. The molecule has 1 unspecified atom stereocenters. The molecule has 0 fully saturated rings. The molecule has 2 amide bonds. The van der Waals surface area contributed by atoms with Crippen LogP contribution in [-0.4, -0.2) is 35.9 Å². The maximum Gasteiger partial charge on any atom is 0.261 e. The van der Waals surface area contributed by atoms with Crippen molar-refractivity contribution in [1.29, 1.82) is 0 Å². The van der Waals surface area contributed by atoms with Crippen molar-refractivity contribution in [1.82, 2.24) is 10.2 Å². The highest BCUT2D eigenvalue weighted by molar-refractivity contribution is 6.30. The maximum absolute atomic E-state index is 13.1. The molecule has 1 N–H and O–H groups in total. The molecule has 0 aromatic heterocycles. The number of nitrogens with one attached hydrogen (secondary N) is 1. The normalized spacial score (nSPS) is 11.6. The average molecular weight is 417 g/mol. The quantitative estimate of drug-likeness (QED) is 0.663. The number of halogens is 1. The monoisotopic (exact) mass is 416 g/mol. The molecule has 29 heavy (non-hydrogen) atoms. The Balaban J connectivity index is 2.20. The molecule has 6 heteroatoms. The summed E-state index contributed by atoms with van der Waals surface area (Å²) in [5, 5.41) is 3.45. The third-order valence-corrected chi connectivity index (χ3v) is 4.81. The van der Waals surface area contributed by atoms with Gasteiger partial charge in [-0.3, -0.25) is 9.59 Å². The summed E-state index contributed by atoms with van der Waals surface area (Å²) >= 11 is 5.97. The first kappa shape index (κ1) is 22.8. The third-order valence-electron chi connectivity index (χ3n) is 4.56. The number of likely N-dealkylation sites (N-methyl/N-ethyl adjacent to an activating group) is 1. The summed E-state index contributed by atoms with van der Waals surface area (Å²) < 4.78 is 5.76. The zero-order chi connectivity index (χ0) is 21.4. The standard InChI is InChI=1S/C23H29ClN2O3/c1-5-21(23(28)25-6-2)26(14-18-7-9-19(24)10-8-18)22(27)15-29-20-12-16(3)11-17(4)13-20/h7-13,21H,5-6,14-15H2,1-4H3,(H,25,28). The molecule has 0 heterocycles. The first-order valence-corrected chi connectivity index (χ1v) is 10.2. The Morgan fingerprint density at radius 1 is 1.07 bits per heavy atom. The lowest BCUT2D eigenvalue weighted by Gasteiger charge is -2.30. The number of amides is 2. The largest absolute Gasteiger partial charge is 0.484 e. The van der Waals surface area contributed by atoms with Gasteiger partial charge in [0.2, 0.25) is 5.91 Å². The predicted molar refractivity (Wildman–Crippen MR) is 116 cm³/mol. The fraction of sp³-hybridized carbons (Fsp3) is 0.391. The number of ether oxygens (including phenoxy) is 1. The van der Waals surface area contributed by atoms with Crippen LogP contribution in [0.25, 0.3) is 0 Å². The van der Waals surface area contributed by atoms with Crippen molar-refractivity contribution in [2.45, 2.75) is 46.7 Å². The van der Waals surface area contributed by atoms with E-state index in [1.165, 1.54) is 0 Å². The van der Waals surface area contributed by atoms with Crippen molar-refractivity contribution in [2.75, 3.05) is 13.2 Å². The van der Waals surface area contributed by atoms with Crippen molar-refractivity contribution in [3.63, 3.8) is 0 Å². The van der Waals surface area contributed by atoms with Gasteiger partial charge in [-0.1, -0.05) is 36.7 Å². The van der Waals surface area contributed by atoms with Crippen molar-refractivity contribution >= 4 is 23.4 Å². The zero-order valence-electron chi connectivity index (χ0n) is 17.5. The fourth-order valence-corrected chi connectivity index (χ4v) is 3.37. The van der Waals surface area contributed by atoms with Gasteiger partial charge in [0.25, 0.3) is 5.91 Å². The number of carbonyl (C=O) groups is 2. The molecule has 2 rings (SSSR count). The molecule has 0 saturated carbocycles. The number of benzene rings is 2. The molecule has 0 bridgehead atoms. The minimum absolute atomic E-state index is 0.133. The van der Waals surface area contributed by atoms with Crippen LogP contribution >= 0.6 is 11.6 Å². The number of nitrogens with zero attached hydrogens (tertiary/aromatic N) is 1. The summed E-state index contributed by atoms with van der Waals surface area (Å²) in [5.74, 6) is 0.245. The lowest BCUT2D eigenvalue weighted by Crippen LogP contribution is -2.50. The van der Waals surface area contributed by atoms with Gasteiger partial charge in [0.1, 0.15) is 11.8 Å². The van der Waals surface area contributed by atoms with E-state index in [9.17, 15) is 9.59 Å². The van der Waals surface area contributed by atoms with E-state index in [4.69, 9.17) is 16.3 Å². The summed E-state index contributed by atoms with van der Waals surface area (Å²) in [6.07, 6.45) is 0.509. The summed E-state index contributed by atoms with van der Waals surface area (Å²) in [6, 6.07) is 12.5. The van der Waals surface area contributed by atoms with E-state index in [1.807, 2.05) is 58.0 Å². The Hall–Kier alpha value is -2.53. The highest BCUT2D eigenvalue weighted by Crippen LogP contribution is 2.18. The van der Waals surface area contributed by atoms with E-state index < -0.39 is 6.04 Å². The molecule has 0 aliphatic rings. The van der Waals surface area contributed by atoms with E-state index in [2.05, 4.69) is 5.32 Å². The SMILES string of the molecule is CCNC(=O)C(CC)N(Cc1ccc(Cl)cc1)C(=O)COc1cc(C)cc(C)c1. The molecule has 0 radical (unpaired) electrons. The van der Waals surface area contributed by atoms with Gasteiger partial charge in [-0.25, -0.2) is 0 Å².